The van der Waals surface area contributed by atoms with E-state index in [9.17, 15) is 4.79 Å². The molecule has 0 spiro atoms. The van der Waals surface area contributed by atoms with Crippen LogP contribution in [-0.4, -0.2) is 17.5 Å². The lowest BCUT2D eigenvalue weighted by Gasteiger charge is -1.96. The highest BCUT2D eigenvalue weighted by atomic mass is 32.1. The van der Waals surface area contributed by atoms with E-state index in [2.05, 4.69) is 11.6 Å². The molecule has 3 N–H and O–H groups in total. The summed E-state index contributed by atoms with van der Waals surface area (Å²) in [6.07, 6.45) is 1.65. The number of rotatable bonds is 5. The zero-order chi connectivity index (χ0) is 10.4. The van der Waals surface area contributed by atoms with Crippen molar-refractivity contribution >= 4 is 17.2 Å². The Balaban J connectivity index is 2.50. The standard InChI is InChI=1S/C8H11N3O2S/c1-2-3-13-4-6-5-14-8(10-6)7(12)11-9/h2,5H,1,3-4,9H2,(H,11,12). The summed E-state index contributed by atoms with van der Waals surface area (Å²) < 4.78 is 5.16. The second kappa shape index (κ2) is 5.48. The number of nitrogen functional groups attached to an aromatic ring is 1. The van der Waals surface area contributed by atoms with Crippen molar-refractivity contribution in [2.24, 2.45) is 5.84 Å². The number of nitrogens with one attached hydrogen (secondary N) is 1. The zero-order valence-electron chi connectivity index (χ0n) is 7.53. The quantitative estimate of drug-likeness (QED) is 0.245. The van der Waals surface area contributed by atoms with Crippen LogP contribution in [0.25, 0.3) is 0 Å². The van der Waals surface area contributed by atoms with Gasteiger partial charge in [-0.25, -0.2) is 10.8 Å². The molecule has 0 aliphatic rings. The van der Waals surface area contributed by atoms with Gasteiger partial charge in [-0.05, 0) is 0 Å². The number of amides is 1. The van der Waals surface area contributed by atoms with Crippen LogP contribution in [0.4, 0.5) is 0 Å². The number of hydrazine groups is 1. The van der Waals surface area contributed by atoms with Crippen LogP contribution in [0.15, 0.2) is 18.0 Å². The summed E-state index contributed by atoms with van der Waals surface area (Å²) >= 11 is 1.23. The first-order valence-electron chi connectivity index (χ1n) is 3.92. The maximum absolute atomic E-state index is 11.0. The highest BCUT2D eigenvalue weighted by Gasteiger charge is 2.08. The molecule has 0 radical (unpaired) electrons. The number of aromatic nitrogens is 1. The number of carbonyl (C=O) groups excluding carboxylic acids is 1. The van der Waals surface area contributed by atoms with E-state index in [1.54, 1.807) is 11.5 Å². The fourth-order valence-corrected chi connectivity index (χ4v) is 1.49. The maximum Gasteiger partial charge on any atom is 0.294 e. The molecule has 0 aliphatic heterocycles. The molecular formula is C8H11N3O2S. The second-order valence-corrected chi connectivity index (χ2v) is 3.28. The van der Waals surface area contributed by atoms with Gasteiger partial charge < -0.3 is 4.74 Å². The van der Waals surface area contributed by atoms with Gasteiger partial charge in [-0.2, -0.15) is 0 Å². The largest absolute Gasteiger partial charge is 0.371 e. The van der Waals surface area contributed by atoms with Crippen molar-refractivity contribution in [2.75, 3.05) is 6.61 Å². The van der Waals surface area contributed by atoms with Crippen molar-refractivity contribution in [1.29, 1.82) is 0 Å². The predicted molar refractivity (Wildman–Crippen MR) is 53.6 cm³/mol. The van der Waals surface area contributed by atoms with Gasteiger partial charge in [0.2, 0.25) is 0 Å². The molecule has 76 valence electrons. The van der Waals surface area contributed by atoms with E-state index in [0.717, 1.165) is 5.69 Å². The Morgan fingerprint density at radius 2 is 2.64 bits per heavy atom. The number of nitrogens with zero attached hydrogens (tertiary/aromatic N) is 1. The van der Waals surface area contributed by atoms with E-state index in [1.807, 2.05) is 5.43 Å². The summed E-state index contributed by atoms with van der Waals surface area (Å²) in [4.78, 5) is 15.0. The van der Waals surface area contributed by atoms with Crippen LogP contribution in [-0.2, 0) is 11.3 Å². The van der Waals surface area contributed by atoms with Gasteiger partial charge in [-0.1, -0.05) is 6.08 Å². The maximum atomic E-state index is 11.0. The average molecular weight is 213 g/mol. The zero-order valence-corrected chi connectivity index (χ0v) is 8.34. The SMILES string of the molecule is C=CCOCc1csc(C(=O)NN)n1. The topological polar surface area (TPSA) is 77.2 Å². The Bertz CT molecular complexity index is 324. The first-order valence-corrected chi connectivity index (χ1v) is 4.80. The van der Waals surface area contributed by atoms with E-state index in [4.69, 9.17) is 10.6 Å². The van der Waals surface area contributed by atoms with Gasteiger partial charge in [0, 0.05) is 5.38 Å². The van der Waals surface area contributed by atoms with Crippen LogP contribution >= 0.6 is 11.3 Å². The Morgan fingerprint density at radius 1 is 1.86 bits per heavy atom. The summed E-state index contributed by atoms with van der Waals surface area (Å²) in [6, 6.07) is 0. The molecule has 14 heavy (non-hydrogen) atoms. The lowest BCUT2D eigenvalue weighted by molar-refractivity contribution is 0.0952. The van der Waals surface area contributed by atoms with Gasteiger partial charge in [-0.15, -0.1) is 17.9 Å². The van der Waals surface area contributed by atoms with Gasteiger partial charge in [-0.3, -0.25) is 10.2 Å². The molecular weight excluding hydrogens is 202 g/mol. The van der Waals surface area contributed by atoms with Crippen molar-refractivity contribution in [2.45, 2.75) is 6.61 Å². The van der Waals surface area contributed by atoms with Gasteiger partial charge in [0.05, 0.1) is 18.9 Å². The number of nitrogens with two attached hydrogens (primary N) is 1. The molecule has 1 aromatic rings. The van der Waals surface area contributed by atoms with Crippen LogP contribution in [0.5, 0.6) is 0 Å². The second-order valence-electron chi connectivity index (χ2n) is 2.42. The Hall–Kier alpha value is -1.24. The van der Waals surface area contributed by atoms with Gasteiger partial charge in [0.15, 0.2) is 5.01 Å². The monoisotopic (exact) mass is 213 g/mol. The number of hydrogen-bond acceptors (Lipinski definition) is 5. The smallest absolute Gasteiger partial charge is 0.294 e. The normalized spacial score (nSPS) is 9.79. The summed E-state index contributed by atoms with van der Waals surface area (Å²) in [5, 5.41) is 2.10. The molecule has 0 saturated heterocycles. The van der Waals surface area contributed by atoms with Crippen molar-refractivity contribution in [3.8, 4) is 0 Å². The molecule has 1 rings (SSSR count). The number of thiazole rings is 1. The third-order valence-electron chi connectivity index (χ3n) is 1.36. The minimum absolute atomic E-state index is 0.338. The van der Waals surface area contributed by atoms with E-state index in [1.165, 1.54) is 11.3 Å². The molecule has 5 nitrogen and oxygen atoms in total. The molecule has 0 saturated carbocycles. The van der Waals surface area contributed by atoms with Crippen LogP contribution in [0.1, 0.15) is 15.5 Å². The number of ether oxygens (including phenoxy) is 1. The van der Waals surface area contributed by atoms with Crippen molar-refractivity contribution < 1.29 is 9.53 Å². The van der Waals surface area contributed by atoms with Crippen LogP contribution < -0.4 is 11.3 Å². The lowest BCUT2D eigenvalue weighted by Crippen LogP contribution is -2.29. The summed E-state index contributed by atoms with van der Waals surface area (Å²) in [6.45, 7) is 4.36. The molecule has 1 amide bonds. The fraction of sp³-hybridized carbons (Fsp3) is 0.250. The summed E-state index contributed by atoms with van der Waals surface area (Å²) in [7, 11) is 0. The van der Waals surface area contributed by atoms with Gasteiger partial charge in [0.25, 0.3) is 5.91 Å². The fourth-order valence-electron chi connectivity index (χ4n) is 0.786. The average Bonchev–Trinajstić information content (AvgIpc) is 2.66. The minimum atomic E-state index is -0.384. The van der Waals surface area contributed by atoms with E-state index < -0.39 is 0 Å². The van der Waals surface area contributed by atoms with E-state index >= 15 is 0 Å². The van der Waals surface area contributed by atoms with Crippen molar-refractivity contribution in [3.63, 3.8) is 0 Å². The third-order valence-corrected chi connectivity index (χ3v) is 2.25. The van der Waals surface area contributed by atoms with Gasteiger partial charge >= 0.3 is 0 Å². The number of hydrogen-bond donors (Lipinski definition) is 2. The molecule has 0 fully saturated rings. The van der Waals surface area contributed by atoms with Crippen molar-refractivity contribution in [3.05, 3.63) is 28.7 Å². The van der Waals surface area contributed by atoms with Crippen LogP contribution in [0.3, 0.4) is 0 Å². The Kier molecular flexibility index (Phi) is 4.24. The third kappa shape index (κ3) is 2.91. The molecule has 0 bridgehead atoms. The highest BCUT2D eigenvalue weighted by Crippen LogP contribution is 2.10. The minimum Gasteiger partial charge on any atom is -0.371 e. The van der Waals surface area contributed by atoms with Gasteiger partial charge in [0.1, 0.15) is 0 Å². The molecule has 0 unspecified atom stereocenters. The first-order chi connectivity index (χ1) is 6.77. The lowest BCUT2D eigenvalue weighted by atomic mass is 10.5. The molecule has 0 atom stereocenters. The molecule has 1 aromatic heterocycles. The highest BCUT2D eigenvalue weighted by molar-refractivity contribution is 7.11. The number of carbonyl (C=O) groups is 1. The Labute approximate surface area is 85.6 Å². The van der Waals surface area contributed by atoms with E-state index in [-0.39, 0.29) is 5.91 Å². The summed E-state index contributed by atoms with van der Waals surface area (Å²) in [5.41, 5.74) is 2.73. The predicted octanol–water partition coefficient (Wildman–Crippen LogP) is 0.449. The van der Waals surface area contributed by atoms with Crippen LogP contribution in [0, 0.1) is 0 Å². The summed E-state index contributed by atoms with van der Waals surface area (Å²) in [5.74, 6) is 4.57. The molecule has 0 aliphatic carbocycles. The molecule has 6 heteroatoms. The van der Waals surface area contributed by atoms with E-state index in [0.29, 0.717) is 18.2 Å². The molecule has 1 heterocycles. The van der Waals surface area contributed by atoms with Crippen molar-refractivity contribution in [1.82, 2.24) is 10.4 Å². The van der Waals surface area contributed by atoms with Crippen LogP contribution in [0.2, 0.25) is 0 Å². The Morgan fingerprint density at radius 3 is 3.29 bits per heavy atom. The first kappa shape index (κ1) is 10.8. The molecule has 0 aromatic carbocycles.